The van der Waals surface area contributed by atoms with Gasteiger partial charge in [-0.15, -0.1) is 0 Å². The zero-order chi connectivity index (χ0) is 24.0. The van der Waals surface area contributed by atoms with Crippen molar-refractivity contribution >= 4 is 16.4 Å². The molecule has 0 aromatic heterocycles. The Morgan fingerprint density at radius 3 is 2.58 bits per heavy atom. The maximum Gasteiger partial charge on any atom is 0.416 e. The van der Waals surface area contributed by atoms with Crippen LogP contribution >= 0.6 is 0 Å². The summed E-state index contributed by atoms with van der Waals surface area (Å²) in [5.74, 6) is 0.0153. The Morgan fingerprint density at radius 1 is 1.18 bits per heavy atom. The third-order valence-electron chi connectivity index (χ3n) is 6.28. The molecule has 4 rings (SSSR count). The molecule has 2 aliphatic rings. The maximum absolute atomic E-state index is 13.2. The number of nitrogens with two attached hydrogens (primary N) is 1. The minimum atomic E-state index is -4.38. The minimum Gasteiger partial charge on any atom is -0.316 e. The normalized spacial score (nSPS) is 24.7. The summed E-state index contributed by atoms with van der Waals surface area (Å²) in [5, 5.41) is 8.34. The molecule has 6 nitrogen and oxygen atoms in total. The molecule has 1 aliphatic heterocycles. The Labute approximate surface area is 191 Å². The van der Waals surface area contributed by atoms with E-state index in [1.54, 1.807) is 6.07 Å². The van der Waals surface area contributed by atoms with Crippen LogP contribution in [-0.4, -0.2) is 39.4 Å². The minimum absolute atomic E-state index is 0.0153. The van der Waals surface area contributed by atoms with Gasteiger partial charge in [-0.1, -0.05) is 30.3 Å². The summed E-state index contributed by atoms with van der Waals surface area (Å²) in [4.78, 5) is 3.95. The zero-order valence-electron chi connectivity index (χ0n) is 18.3. The molecule has 0 bridgehead atoms. The molecular formula is C23H26F3N4O2S+. The number of alkyl halides is 3. The van der Waals surface area contributed by atoms with Gasteiger partial charge in [0.2, 0.25) is 5.03 Å². The Morgan fingerprint density at radius 2 is 1.94 bits per heavy atom. The summed E-state index contributed by atoms with van der Waals surface area (Å²) in [6.45, 7) is 0.469. The van der Waals surface area contributed by atoms with Gasteiger partial charge in [-0.3, -0.25) is 4.48 Å². The number of quaternary nitrogens is 1. The van der Waals surface area contributed by atoms with Crippen LogP contribution in [0, 0.1) is 0 Å². The van der Waals surface area contributed by atoms with Crippen molar-refractivity contribution in [1.82, 2.24) is 5.32 Å². The summed E-state index contributed by atoms with van der Waals surface area (Å²) in [6, 6.07) is 11.7. The van der Waals surface area contributed by atoms with E-state index in [0.29, 0.717) is 18.5 Å². The highest BCUT2D eigenvalue weighted by Crippen LogP contribution is 2.38. The SMILES string of the molecule is CNC1Cc2ccc(C[N+]3(C)C=NC(S(N)(=O)=O)=C3)cc2C1Cc1cccc(C(F)(F)F)c1. The van der Waals surface area contributed by atoms with Gasteiger partial charge in [0.15, 0.2) is 6.34 Å². The van der Waals surface area contributed by atoms with Gasteiger partial charge in [0, 0.05) is 17.5 Å². The lowest BCUT2D eigenvalue weighted by molar-refractivity contribution is -0.771. The van der Waals surface area contributed by atoms with E-state index in [4.69, 9.17) is 5.14 Å². The molecule has 3 atom stereocenters. The largest absolute Gasteiger partial charge is 0.416 e. The molecule has 10 heteroatoms. The summed E-state index contributed by atoms with van der Waals surface area (Å²) >= 11 is 0. The first kappa shape index (κ1) is 23.6. The molecule has 176 valence electrons. The predicted octanol–water partition coefficient (Wildman–Crippen LogP) is 3.25. The number of hydrogen-bond acceptors (Lipinski definition) is 4. The number of hydrogen-bond donors (Lipinski definition) is 2. The lowest BCUT2D eigenvalue weighted by atomic mass is 9.89. The first-order valence-corrected chi connectivity index (χ1v) is 12.0. The van der Waals surface area contributed by atoms with E-state index in [1.807, 2.05) is 26.2 Å². The number of likely N-dealkylation sites (N-methyl/N-ethyl adjacent to an activating group) is 1. The summed E-state index contributed by atoms with van der Waals surface area (Å²) in [7, 11) is -0.195. The first-order valence-electron chi connectivity index (χ1n) is 10.5. The number of benzene rings is 2. The fourth-order valence-electron chi connectivity index (χ4n) is 4.69. The van der Waals surface area contributed by atoms with Gasteiger partial charge in [-0.2, -0.15) is 18.2 Å². The number of rotatable bonds is 6. The molecule has 3 unspecified atom stereocenters. The van der Waals surface area contributed by atoms with Crippen molar-refractivity contribution in [2.75, 3.05) is 14.1 Å². The smallest absolute Gasteiger partial charge is 0.316 e. The van der Waals surface area contributed by atoms with Crippen molar-refractivity contribution in [2.24, 2.45) is 10.1 Å². The summed E-state index contributed by atoms with van der Waals surface area (Å²) < 4.78 is 62.9. The molecule has 33 heavy (non-hydrogen) atoms. The number of nitrogens with zero attached hydrogens (tertiary/aromatic N) is 2. The highest BCUT2D eigenvalue weighted by atomic mass is 32.2. The fourth-order valence-corrected chi connectivity index (χ4v) is 5.27. The maximum atomic E-state index is 13.2. The van der Waals surface area contributed by atoms with E-state index < -0.39 is 21.8 Å². The van der Waals surface area contributed by atoms with Gasteiger partial charge < -0.3 is 5.32 Å². The van der Waals surface area contributed by atoms with Crippen LogP contribution in [0.3, 0.4) is 0 Å². The van der Waals surface area contributed by atoms with Crippen molar-refractivity contribution in [3.8, 4) is 0 Å². The predicted molar refractivity (Wildman–Crippen MR) is 120 cm³/mol. The van der Waals surface area contributed by atoms with Crippen LogP contribution < -0.4 is 10.5 Å². The average molecular weight is 480 g/mol. The molecule has 1 heterocycles. The van der Waals surface area contributed by atoms with Gasteiger partial charge in [0.05, 0.1) is 12.6 Å². The van der Waals surface area contributed by atoms with Crippen LogP contribution in [0.25, 0.3) is 0 Å². The molecule has 0 saturated carbocycles. The molecule has 0 amide bonds. The first-order chi connectivity index (χ1) is 15.4. The van der Waals surface area contributed by atoms with Crippen LogP contribution in [0.5, 0.6) is 0 Å². The van der Waals surface area contributed by atoms with Crippen molar-refractivity contribution < 1.29 is 26.1 Å². The van der Waals surface area contributed by atoms with Crippen LogP contribution in [0.4, 0.5) is 13.2 Å². The van der Waals surface area contributed by atoms with Crippen LogP contribution in [-0.2, 0) is 35.6 Å². The van der Waals surface area contributed by atoms with Crippen LogP contribution in [0.15, 0.2) is 58.7 Å². The number of primary sulfonamides is 1. The Balaban J connectivity index is 1.61. The molecular weight excluding hydrogens is 453 g/mol. The van der Waals surface area contributed by atoms with E-state index in [0.717, 1.165) is 29.2 Å². The fraction of sp³-hybridized carbons (Fsp3) is 0.348. The van der Waals surface area contributed by atoms with Crippen LogP contribution in [0.2, 0.25) is 0 Å². The molecule has 3 N–H and O–H groups in total. The lowest BCUT2D eigenvalue weighted by Gasteiger charge is -2.23. The zero-order valence-corrected chi connectivity index (χ0v) is 19.1. The highest BCUT2D eigenvalue weighted by Gasteiger charge is 2.35. The number of fused-ring (bicyclic) bond motifs is 1. The van der Waals surface area contributed by atoms with Gasteiger partial charge in [0.1, 0.15) is 12.7 Å². The van der Waals surface area contributed by atoms with Gasteiger partial charge in [0.25, 0.3) is 10.0 Å². The van der Waals surface area contributed by atoms with Gasteiger partial charge >= 0.3 is 6.18 Å². The van der Waals surface area contributed by atoms with Crippen LogP contribution in [0.1, 0.15) is 33.7 Å². The lowest BCUT2D eigenvalue weighted by Crippen LogP contribution is -2.34. The Hall–Kier alpha value is -2.53. The second-order valence-corrected chi connectivity index (χ2v) is 10.4. The third-order valence-corrected chi connectivity index (χ3v) is 7.08. The molecule has 2 aromatic rings. The van der Waals surface area contributed by atoms with E-state index in [1.165, 1.54) is 24.7 Å². The average Bonchev–Trinajstić information content (AvgIpc) is 3.28. The Kier molecular flexibility index (Phi) is 5.98. The molecule has 0 spiro atoms. The topological polar surface area (TPSA) is 84.5 Å². The van der Waals surface area contributed by atoms with E-state index in [-0.39, 0.29) is 21.5 Å². The van der Waals surface area contributed by atoms with Crippen molar-refractivity contribution in [3.05, 3.63) is 81.5 Å². The molecule has 2 aromatic carbocycles. The van der Waals surface area contributed by atoms with E-state index >= 15 is 0 Å². The van der Waals surface area contributed by atoms with Gasteiger partial charge in [-0.05, 0) is 48.7 Å². The van der Waals surface area contributed by atoms with Crippen molar-refractivity contribution in [1.29, 1.82) is 0 Å². The Bertz CT molecular complexity index is 1240. The second kappa shape index (κ2) is 8.35. The van der Waals surface area contributed by atoms with E-state index in [9.17, 15) is 21.6 Å². The number of aliphatic imine (C=N–C) groups is 1. The monoisotopic (exact) mass is 479 g/mol. The number of nitrogens with one attached hydrogen (secondary N) is 1. The second-order valence-electron chi connectivity index (χ2n) is 8.90. The standard InChI is InChI=1S/C23H26F3N4O2S/c1-28-21-11-17-7-6-16(12-30(2)13-22(29-14-30)33(27,31)32)10-19(17)20(21)9-15-4-3-5-18(8-15)23(24,25)26/h3-8,10,13-14,20-21,28H,9,11-12H2,1-2H3,(H2,27,31,32)/q+1. The third kappa shape index (κ3) is 5.03. The molecule has 0 fully saturated rings. The van der Waals surface area contributed by atoms with E-state index in [2.05, 4.69) is 16.4 Å². The van der Waals surface area contributed by atoms with Crippen molar-refractivity contribution in [3.63, 3.8) is 0 Å². The summed E-state index contributed by atoms with van der Waals surface area (Å²) in [5.41, 5.74) is 3.23. The van der Waals surface area contributed by atoms with Crippen molar-refractivity contribution in [2.45, 2.75) is 37.5 Å². The number of sulfonamides is 1. The molecule has 0 saturated heterocycles. The highest BCUT2D eigenvalue weighted by molar-refractivity contribution is 7.93. The quantitative estimate of drug-likeness (QED) is 0.624. The summed E-state index contributed by atoms with van der Waals surface area (Å²) in [6.07, 6.45) is -0.0744. The molecule has 0 radical (unpaired) electrons. The number of halogens is 3. The molecule has 1 aliphatic carbocycles. The van der Waals surface area contributed by atoms with Gasteiger partial charge in [-0.25, -0.2) is 13.6 Å².